The molecule has 0 saturated carbocycles. The molecule has 1 atom stereocenters. The number of rotatable bonds is 7. The quantitative estimate of drug-likeness (QED) is 0.585. The Balaban J connectivity index is 1.90. The molecule has 3 aromatic carbocycles. The first-order chi connectivity index (χ1) is 14.7. The predicted octanol–water partition coefficient (Wildman–Crippen LogP) is 4.68. The highest BCUT2D eigenvalue weighted by Gasteiger charge is 2.27. The maximum atomic E-state index is 13.4. The molecule has 0 unspecified atom stereocenters. The van der Waals surface area contributed by atoms with E-state index in [1.807, 2.05) is 58.0 Å². The maximum Gasteiger partial charge on any atom is 0.264 e. The minimum atomic E-state index is -3.91. The van der Waals surface area contributed by atoms with Crippen LogP contribution in [0.5, 0.6) is 0 Å². The molecule has 0 heterocycles. The topological polar surface area (TPSA) is 66.5 Å². The highest BCUT2D eigenvalue weighted by Crippen LogP contribution is 2.26. The van der Waals surface area contributed by atoms with E-state index in [0.29, 0.717) is 5.69 Å². The Labute approximate surface area is 184 Å². The fraction of sp³-hybridized carbons (Fsp3) is 0.240. The summed E-state index contributed by atoms with van der Waals surface area (Å²) in [5, 5.41) is 2.92. The van der Waals surface area contributed by atoms with Gasteiger partial charge in [0.05, 0.1) is 16.6 Å². The molecular weight excluding hydrogens is 408 g/mol. The molecule has 1 N–H and O–H groups in total. The van der Waals surface area contributed by atoms with Gasteiger partial charge in [-0.15, -0.1) is 0 Å². The van der Waals surface area contributed by atoms with E-state index >= 15 is 0 Å². The molecule has 0 spiro atoms. The number of hydrogen-bond donors (Lipinski definition) is 1. The van der Waals surface area contributed by atoms with Crippen molar-refractivity contribution in [1.82, 2.24) is 5.32 Å². The molecule has 0 aliphatic heterocycles. The van der Waals surface area contributed by atoms with Crippen molar-refractivity contribution in [3.63, 3.8) is 0 Å². The van der Waals surface area contributed by atoms with Gasteiger partial charge in [-0.2, -0.15) is 0 Å². The molecule has 5 nitrogen and oxygen atoms in total. The zero-order valence-corrected chi connectivity index (χ0v) is 19.1. The van der Waals surface area contributed by atoms with Gasteiger partial charge >= 0.3 is 0 Å². The summed E-state index contributed by atoms with van der Waals surface area (Å²) in [7, 11) is -3.91. The van der Waals surface area contributed by atoms with Crippen LogP contribution in [0.15, 0.2) is 77.7 Å². The molecule has 3 rings (SSSR count). The van der Waals surface area contributed by atoms with E-state index in [0.717, 1.165) is 22.3 Å². The molecule has 162 valence electrons. The van der Waals surface area contributed by atoms with Crippen molar-refractivity contribution >= 4 is 21.6 Å². The molecule has 6 heteroatoms. The summed E-state index contributed by atoms with van der Waals surface area (Å²) < 4.78 is 28.0. The van der Waals surface area contributed by atoms with Crippen LogP contribution in [0.4, 0.5) is 5.69 Å². The molecule has 0 saturated heterocycles. The molecule has 0 bridgehead atoms. The fourth-order valence-corrected chi connectivity index (χ4v) is 4.71. The summed E-state index contributed by atoms with van der Waals surface area (Å²) in [4.78, 5) is 13.0. The SMILES string of the molecule is Cc1ccc([C@@H](C)NC(=O)CN(c2ccc(C)c(C)c2)S(=O)(=O)c2ccccc2)cc1. The van der Waals surface area contributed by atoms with Gasteiger partial charge < -0.3 is 5.32 Å². The Morgan fingerprint density at radius 1 is 0.903 bits per heavy atom. The number of nitrogens with one attached hydrogen (secondary N) is 1. The second-order valence-electron chi connectivity index (χ2n) is 7.79. The van der Waals surface area contributed by atoms with Crippen molar-refractivity contribution in [3.8, 4) is 0 Å². The molecule has 0 aromatic heterocycles. The van der Waals surface area contributed by atoms with Crippen LogP contribution >= 0.6 is 0 Å². The van der Waals surface area contributed by atoms with E-state index in [9.17, 15) is 13.2 Å². The van der Waals surface area contributed by atoms with Gasteiger partial charge in [0.2, 0.25) is 5.91 Å². The lowest BCUT2D eigenvalue weighted by molar-refractivity contribution is -0.120. The summed E-state index contributed by atoms with van der Waals surface area (Å²) in [6, 6.07) is 21.2. The van der Waals surface area contributed by atoms with Crippen LogP contribution in [0.1, 0.15) is 35.2 Å². The maximum absolute atomic E-state index is 13.4. The van der Waals surface area contributed by atoms with Crippen molar-refractivity contribution in [2.24, 2.45) is 0 Å². The van der Waals surface area contributed by atoms with Gasteiger partial charge in [-0.3, -0.25) is 9.10 Å². The lowest BCUT2D eigenvalue weighted by Gasteiger charge is -2.25. The Kier molecular flexibility index (Phi) is 6.81. The van der Waals surface area contributed by atoms with Gasteiger partial charge in [-0.25, -0.2) is 8.42 Å². The highest BCUT2D eigenvalue weighted by atomic mass is 32.2. The summed E-state index contributed by atoms with van der Waals surface area (Å²) in [6.07, 6.45) is 0. The molecule has 1 amide bonds. The van der Waals surface area contributed by atoms with E-state index in [2.05, 4.69) is 5.32 Å². The number of sulfonamides is 1. The number of aryl methyl sites for hydroxylation is 3. The third-order valence-corrected chi connectivity index (χ3v) is 7.14. The highest BCUT2D eigenvalue weighted by molar-refractivity contribution is 7.92. The number of anilines is 1. The van der Waals surface area contributed by atoms with Crippen LogP contribution in [0, 0.1) is 20.8 Å². The second kappa shape index (κ2) is 9.35. The normalized spacial score (nSPS) is 12.3. The summed E-state index contributed by atoms with van der Waals surface area (Å²) >= 11 is 0. The smallest absolute Gasteiger partial charge is 0.264 e. The molecule has 0 aliphatic carbocycles. The zero-order chi connectivity index (χ0) is 22.6. The van der Waals surface area contributed by atoms with Crippen molar-refractivity contribution in [3.05, 3.63) is 95.1 Å². The van der Waals surface area contributed by atoms with Crippen molar-refractivity contribution in [2.75, 3.05) is 10.8 Å². The Morgan fingerprint density at radius 3 is 2.16 bits per heavy atom. The Hall–Kier alpha value is -3.12. The summed E-state index contributed by atoms with van der Waals surface area (Å²) in [5.74, 6) is -0.370. The molecule has 0 fully saturated rings. The average Bonchev–Trinajstić information content (AvgIpc) is 2.75. The first kappa shape index (κ1) is 22.6. The van der Waals surface area contributed by atoms with Gasteiger partial charge in [-0.05, 0) is 68.7 Å². The van der Waals surface area contributed by atoms with E-state index in [4.69, 9.17) is 0 Å². The summed E-state index contributed by atoms with van der Waals surface area (Å²) in [5.41, 5.74) is 4.57. The van der Waals surface area contributed by atoms with Crippen LogP contribution in [0.2, 0.25) is 0 Å². The first-order valence-electron chi connectivity index (χ1n) is 10.2. The van der Waals surface area contributed by atoms with Crippen molar-refractivity contribution in [1.29, 1.82) is 0 Å². The number of amides is 1. The van der Waals surface area contributed by atoms with Crippen LogP contribution < -0.4 is 9.62 Å². The number of carbonyl (C=O) groups is 1. The van der Waals surface area contributed by atoms with Crippen molar-refractivity contribution < 1.29 is 13.2 Å². The van der Waals surface area contributed by atoms with Gasteiger partial charge in [0.1, 0.15) is 6.54 Å². The van der Waals surface area contributed by atoms with E-state index in [1.54, 1.807) is 30.3 Å². The van der Waals surface area contributed by atoms with E-state index in [-0.39, 0.29) is 23.4 Å². The van der Waals surface area contributed by atoms with Crippen LogP contribution in [0.3, 0.4) is 0 Å². The van der Waals surface area contributed by atoms with Crippen LogP contribution in [-0.4, -0.2) is 20.9 Å². The lowest BCUT2D eigenvalue weighted by atomic mass is 10.1. The number of carbonyl (C=O) groups excluding carboxylic acids is 1. The largest absolute Gasteiger partial charge is 0.348 e. The third-order valence-electron chi connectivity index (χ3n) is 5.35. The minimum Gasteiger partial charge on any atom is -0.348 e. The van der Waals surface area contributed by atoms with E-state index in [1.165, 1.54) is 16.4 Å². The lowest BCUT2D eigenvalue weighted by Crippen LogP contribution is -2.41. The Bertz CT molecular complexity index is 1160. The van der Waals surface area contributed by atoms with Gasteiger partial charge in [0, 0.05) is 0 Å². The zero-order valence-electron chi connectivity index (χ0n) is 18.3. The number of nitrogens with zero attached hydrogens (tertiary/aromatic N) is 1. The molecular formula is C25H28N2O3S. The Morgan fingerprint density at radius 2 is 1.55 bits per heavy atom. The van der Waals surface area contributed by atoms with E-state index < -0.39 is 10.0 Å². The third kappa shape index (κ3) is 5.33. The average molecular weight is 437 g/mol. The number of hydrogen-bond acceptors (Lipinski definition) is 3. The van der Waals surface area contributed by atoms with Crippen molar-refractivity contribution in [2.45, 2.75) is 38.6 Å². The number of benzene rings is 3. The molecule has 3 aromatic rings. The molecule has 0 radical (unpaired) electrons. The van der Waals surface area contributed by atoms with Gasteiger partial charge in [0.25, 0.3) is 10.0 Å². The summed E-state index contributed by atoms with van der Waals surface area (Å²) in [6.45, 7) is 7.46. The van der Waals surface area contributed by atoms with Crippen LogP contribution in [-0.2, 0) is 14.8 Å². The van der Waals surface area contributed by atoms with Crippen LogP contribution in [0.25, 0.3) is 0 Å². The second-order valence-corrected chi connectivity index (χ2v) is 9.66. The standard InChI is InChI=1S/C25H28N2O3S/c1-18-10-13-22(14-11-18)21(4)26-25(28)17-27(23-15-12-19(2)20(3)16-23)31(29,30)24-8-6-5-7-9-24/h5-16,21H,17H2,1-4H3,(H,26,28)/t21-/m1/s1. The van der Waals surface area contributed by atoms with Gasteiger partial charge in [0.15, 0.2) is 0 Å². The minimum absolute atomic E-state index is 0.146. The predicted molar refractivity (Wildman–Crippen MR) is 125 cm³/mol. The monoisotopic (exact) mass is 436 g/mol. The first-order valence-corrected chi connectivity index (χ1v) is 11.6. The fourth-order valence-electron chi connectivity index (χ4n) is 3.27. The molecule has 31 heavy (non-hydrogen) atoms. The molecule has 0 aliphatic rings. The van der Waals surface area contributed by atoms with Gasteiger partial charge in [-0.1, -0.05) is 54.1 Å².